The summed E-state index contributed by atoms with van der Waals surface area (Å²) in [5, 5.41) is 2.82. The van der Waals surface area contributed by atoms with Crippen LogP contribution in [0, 0.1) is 0 Å². The average molecular weight is 542 g/mol. The summed E-state index contributed by atoms with van der Waals surface area (Å²) in [6, 6.07) is 45.6. The van der Waals surface area contributed by atoms with Crippen LogP contribution in [0.2, 0.25) is 0 Å². The van der Waals surface area contributed by atoms with Crippen LogP contribution in [0.15, 0.2) is 144 Å². The van der Waals surface area contributed by atoms with E-state index in [1.807, 2.05) is 132 Å². The molecule has 0 aliphatic heterocycles. The summed E-state index contributed by atoms with van der Waals surface area (Å²) in [4.78, 5) is 29.5. The van der Waals surface area contributed by atoms with Gasteiger partial charge in [0.25, 0.3) is 5.56 Å². The number of nitrogens with zero attached hydrogens (tertiary/aromatic N) is 5. The molecule has 0 aliphatic carbocycles. The second-order valence-corrected chi connectivity index (χ2v) is 10.1. The Morgan fingerprint density at radius 1 is 0.452 bits per heavy atom. The maximum atomic E-state index is 14.7. The number of fused-ring (bicyclic) bond motifs is 5. The van der Waals surface area contributed by atoms with Crippen molar-refractivity contribution in [2.24, 2.45) is 0 Å². The summed E-state index contributed by atoms with van der Waals surface area (Å²) in [5.74, 6) is 1.46. The molecular weight excluding hydrogens is 518 g/mol. The van der Waals surface area contributed by atoms with Gasteiger partial charge in [0.05, 0.1) is 11.0 Å². The first-order chi connectivity index (χ1) is 20.8. The molecule has 6 nitrogen and oxygen atoms in total. The lowest BCUT2D eigenvalue weighted by molar-refractivity contribution is 0.941. The number of hydrogen-bond donors (Lipinski definition) is 0. The van der Waals surface area contributed by atoms with E-state index in [-0.39, 0.29) is 5.56 Å². The van der Waals surface area contributed by atoms with Crippen molar-refractivity contribution in [2.75, 3.05) is 0 Å². The van der Waals surface area contributed by atoms with Gasteiger partial charge in [-0.05, 0) is 24.3 Å². The molecule has 0 spiro atoms. The van der Waals surface area contributed by atoms with Crippen LogP contribution in [0.3, 0.4) is 0 Å². The minimum Gasteiger partial charge on any atom is -0.275 e. The maximum absolute atomic E-state index is 14.7. The molecule has 3 aromatic heterocycles. The Kier molecular flexibility index (Phi) is 5.50. The van der Waals surface area contributed by atoms with Crippen molar-refractivity contribution >= 4 is 32.7 Å². The maximum Gasteiger partial charge on any atom is 0.280 e. The third kappa shape index (κ3) is 3.73. The summed E-state index contributed by atoms with van der Waals surface area (Å²) < 4.78 is 3.68. The molecule has 0 amide bonds. The summed E-state index contributed by atoms with van der Waals surface area (Å²) in [7, 11) is 0. The van der Waals surface area contributed by atoms with E-state index in [0.717, 1.165) is 44.0 Å². The molecule has 0 bridgehead atoms. The van der Waals surface area contributed by atoms with Crippen molar-refractivity contribution in [2.45, 2.75) is 0 Å². The lowest BCUT2D eigenvalue weighted by atomic mass is 10.1. The molecule has 6 heteroatoms. The number of rotatable bonds is 4. The largest absolute Gasteiger partial charge is 0.280 e. The summed E-state index contributed by atoms with van der Waals surface area (Å²) in [6.45, 7) is 0. The molecule has 0 radical (unpaired) electrons. The topological polar surface area (TPSA) is 65.6 Å². The van der Waals surface area contributed by atoms with E-state index in [2.05, 4.69) is 12.1 Å². The predicted molar refractivity (Wildman–Crippen MR) is 168 cm³/mol. The fourth-order valence-electron chi connectivity index (χ4n) is 5.75. The number of para-hydroxylation sites is 3. The van der Waals surface area contributed by atoms with E-state index in [9.17, 15) is 4.79 Å². The first-order valence-electron chi connectivity index (χ1n) is 13.8. The van der Waals surface area contributed by atoms with Crippen molar-refractivity contribution in [3.8, 4) is 34.4 Å². The minimum absolute atomic E-state index is 0.144. The molecule has 0 saturated carbocycles. The van der Waals surface area contributed by atoms with Crippen molar-refractivity contribution in [1.29, 1.82) is 0 Å². The molecule has 5 aromatic carbocycles. The Morgan fingerprint density at radius 2 is 0.905 bits per heavy atom. The van der Waals surface area contributed by atoms with Crippen LogP contribution in [-0.2, 0) is 0 Å². The Labute approximate surface area is 240 Å². The third-order valence-corrected chi connectivity index (χ3v) is 7.60. The van der Waals surface area contributed by atoms with Gasteiger partial charge in [0.1, 0.15) is 5.52 Å². The molecule has 3 heterocycles. The molecular formula is C36H23N5O. The zero-order valence-corrected chi connectivity index (χ0v) is 22.4. The molecule has 8 aromatic rings. The summed E-state index contributed by atoms with van der Waals surface area (Å²) in [6.07, 6.45) is 0. The number of pyridine rings is 1. The number of aromatic nitrogens is 5. The summed E-state index contributed by atoms with van der Waals surface area (Å²) in [5.41, 5.74) is 4.59. The van der Waals surface area contributed by atoms with Gasteiger partial charge < -0.3 is 0 Å². The van der Waals surface area contributed by atoms with Crippen molar-refractivity contribution in [3.05, 3.63) is 150 Å². The van der Waals surface area contributed by atoms with Crippen LogP contribution >= 0.6 is 0 Å². The van der Waals surface area contributed by atoms with Crippen LogP contribution < -0.4 is 5.56 Å². The molecule has 0 atom stereocenters. The summed E-state index contributed by atoms with van der Waals surface area (Å²) >= 11 is 0. The molecule has 0 fully saturated rings. The zero-order valence-electron chi connectivity index (χ0n) is 22.4. The molecule has 8 rings (SSSR count). The Hall–Kier alpha value is -5.88. The van der Waals surface area contributed by atoms with Crippen LogP contribution in [-0.4, -0.2) is 24.1 Å². The molecule has 198 valence electrons. The monoisotopic (exact) mass is 541 g/mol. The van der Waals surface area contributed by atoms with Gasteiger partial charge >= 0.3 is 0 Å². The third-order valence-electron chi connectivity index (χ3n) is 7.60. The SMILES string of the molecule is O=c1c2c(c3ccccc3n1-c1ccccc1)c1ccccc1n2-c1nc(-c2ccccc2)nc(-c2ccccc2)n1. The van der Waals surface area contributed by atoms with Gasteiger partial charge in [0.2, 0.25) is 5.95 Å². The van der Waals surface area contributed by atoms with E-state index in [0.29, 0.717) is 23.1 Å². The van der Waals surface area contributed by atoms with Gasteiger partial charge in [0.15, 0.2) is 11.6 Å². The van der Waals surface area contributed by atoms with Crippen molar-refractivity contribution < 1.29 is 0 Å². The van der Waals surface area contributed by atoms with Gasteiger partial charge in [-0.25, -0.2) is 4.98 Å². The highest BCUT2D eigenvalue weighted by atomic mass is 16.1. The quantitative estimate of drug-likeness (QED) is 0.230. The smallest absolute Gasteiger partial charge is 0.275 e. The van der Waals surface area contributed by atoms with Gasteiger partial charge in [-0.15, -0.1) is 0 Å². The van der Waals surface area contributed by atoms with Crippen LogP contribution in [0.4, 0.5) is 0 Å². The van der Waals surface area contributed by atoms with E-state index >= 15 is 0 Å². The lowest BCUT2D eigenvalue weighted by Crippen LogP contribution is -2.21. The van der Waals surface area contributed by atoms with E-state index in [4.69, 9.17) is 15.0 Å². The standard InChI is InChI=1S/C36H23N5O/c42-35-32-31(27-20-10-12-22-29(27)40(35)26-18-8-3-9-19-26)28-21-11-13-23-30(28)41(32)36-38-33(24-14-4-1-5-15-24)37-34(39-36)25-16-6-2-7-17-25/h1-23H. The first-order valence-corrected chi connectivity index (χ1v) is 13.8. The minimum atomic E-state index is -0.144. The Balaban J connectivity index is 1.55. The fraction of sp³-hybridized carbons (Fsp3) is 0. The molecule has 0 saturated heterocycles. The second kappa shape index (κ2) is 9.64. The van der Waals surface area contributed by atoms with Gasteiger partial charge in [-0.1, -0.05) is 115 Å². The second-order valence-electron chi connectivity index (χ2n) is 10.1. The Morgan fingerprint density at radius 3 is 1.45 bits per heavy atom. The van der Waals surface area contributed by atoms with Crippen LogP contribution in [0.1, 0.15) is 0 Å². The van der Waals surface area contributed by atoms with E-state index < -0.39 is 0 Å². The predicted octanol–water partition coefficient (Wildman–Crippen LogP) is 7.61. The average Bonchev–Trinajstić information content (AvgIpc) is 3.42. The zero-order chi connectivity index (χ0) is 28.0. The normalized spacial score (nSPS) is 11.4. The lowest BCUT2D eigenvalue weighted by Gasteiger charge is -2.14. The highest BCUT2D eigenvalue weighted by molar-refractivity contribution is 6.20. The highest BCUT2D eigenvalue weighted by Gasteiger charge is 2.23. The van der Waals surface area contributed by atoms with Crippen molar-refractivity contribution in [1.82, 2.24) is 24.1 Å². The van der Waals surface area contributed by atoms with Gasteiger partial charge in [-0.3, -0.25) is 13.9 Å². The fourth-order valence-corrected chi connectivity index (χ4v) is 5.75. The van der Waals surface area contributed by atoms with Gasteiger partial charge in [-0.2, -0.15) is 9.97 Å². The van der Waals surface area contributed by atoms with Crippen molar-refractivity contribution in [3.63, 3.8) is 0 Å². The van der Waals surface area contributed by atoms with Crippen LogP contribution in [0.5, 0.6) is 0 Å². The molecule has 0 unspecified atom stereocenters. The first kappa shape index (κ1) is 24.0. The van der Waals surface area contributed by atoms with Crippen LogP contribution in [0.25, 0.3) is 67.1 Å². The van der Waals surface area contributed by atoms with Gasteiger partial charge in [0, 0.05) is 33.0 Å². The number of hydrogen-bond acceptors (Lipinski definition) is 4. The molecule has 0 aliphatic rings. The number of benzene rings is 5. The van der Waals surface area contributed by atoms with E-state index in [1.165, 1.54) is 0 Å². The molecule has 42 heavy (non-hydrogen) atoms. The molecule has 0 N–H and O–H groups in total. The highest BCUT2D eigenvalue weighted by Crippen LogP contribution is 2.35. The van der Waals surface area contributed by atoms with E-state index in [1.54, 1.807) is 4.57 Å². The Bertz CT molecular complexity index is 2250.